The monoisotopic (exact) mass is 764 g/mol. The molecule has 0 spiro atoms. The molecule has 0 saturated heterocycles. The second kappa shape index (κ2) is 18.4. The van der Waals surface area contributed by atoms with Gasteiger partial charge in [-0.1, -0.05) is 60.7 Å². The van der Waals surface area contributed by atoms with E-state index < -0.39 is 41.8 Å². The van der Waals surface area contributed by atoms with Crippen molar-refractivity contribution < 1.29 is 48.7 Å². The van der Waals surface area contributed by atoms with Crippen molar-refractivity contribution in [2.75, 3.05) is 0 Å². The van der Waals surface area contributed by atoms with Crippen LogP contribution >= 0.6 is 0 Å². The SMILES string of the molecule is CC(C)(C)OC(=O)N[C@@H](Cc1c[nH]c2cc(O)ccc12)C(=O)O.O=C(N[C@@H](Cc1c[nH]c2cc(OCc3ccccc3)ccc12)C(=O)O)OCc1ccccc1. The fourth-order valence-corrected chi connectivity index (χ4v) is 5.70. The van der Waals surface area contributed by atoms with Gasteiger partial charge in [0.2, 0.25) is 0 Å². The van der Waals surface area contributed by atoms with E-state index in [0.29, 0.717) is 17.9 Å². The summed E-state index contributed by atoms with van der Waals surface area (Å²) in [7, 11) is 0. The number of benzene rings is 4. The van der Waals surface area contributed by atoms with E-state index in [2.05, 4.69) is 20.6 Å². The Labute approximate surface area is 322 Å². The first-order valence-corrected chi connectivity index (χ1v) is 17.7. The lowest BCUT2D eigenvalue weighted by atomic mass is 10.1. The highest BCUT2D eigenvalue weighted by atomic mass is 16.6. The van der Waals surface area contributed by atoms with E-state index in [1.807, 2.05) is 78.9 Å². The van der Waals surface area contributed by atoms with Gasteiger partial charge in [0.05, 0.1) is 0 Å². The molecular weight excluding hydrogens is 720 g/mol. The molecule has 0 unspecified atom stereocenters. The molecule has 4 aromatic carbocycles. The van der Waals surface area contributed by atoms with Crippen molar-refractivity contribution in [2.24, 2.45) is 0 Å². The zero-order chi connectivity index (χ0) is 40.2. The lowest BCUT2D eigenvalue weighted by molar-refractivity contribution is -0.140. The Bertz CT molecular complexity index is 2260. The van der Waals surface area contributed by atoms with Gasteiger partial charge < -0.3 is 50.1 Å². The summed E-state index contributed by atoms with van der Waals surface area (Å²) in [6.07, 6.45) is 2.07. The van der Waals surface area contributed by atoms with E-state index in [-0.39, 0.29) is 25.2 Å². The summed E-state index contributed by atoms with van der Waals surface area (Å²) in [6.45, 7) is 5.63. The molecular formula is C42H44N4O10. The Morgan fingerprint density at radius 1 is 0.661 bits per heavy atom. The Balaban J connectivity index is 0.000000229. The van der Waals surface area contributed by atoms with Crippen molar-refractivity contribution in [3.63, 3.8) is 0 Å². The number of aliphatic carboxylic acids is 2. The summed E-state index contributed by atoms with van der Waals surface area (Å²) in [5.74, 6) is -1.46. The summed E-state index contributed by atoms with van der Waals surface area (Å²) < 4.78 is 16.1. The van der Waals surface area contributed by atoms with Crippen LogP contribution in [0.2, 0.25) is 0 Å². The van der Waals surface area contributed by atoms with Crippen LogP contribution in [-0.2, 0) is 45.1 Å². The minimum absolute atomic E-state index is 0.0673. The number of aromatic nitrogens is 2. The average molecular weight is 765 g/mol. The number of ether oxygens (including phenoxy) is 3. The van der Waals surface area contributed by atoms with E-state index in [0.717, 1.165) is 38.5 Å². The normalized spacial score (nSPS) is 12.1. The summed E-state index contributed by atoms with van der Waals surface area (Å²) in [5.41, 5.74) is 4.21. The number of rotatable bonds is 13. The third-order valence-corrected chi connectivity index (χ3v) is 8.38. The quantitative estimate of drug-likeness (QED) is 0.0636. The number of carbonyl (C=O) groups excluding carboxylic acids is 2. The molecule has 2 aromatic heterocycles. The maximum Gasteiger partial charge on any atom is 0.408 e. The molecule has 0 aliphatic rings. The van der Waals surface area contributed by atoms with Gasteiger partial charge in [0.1, 0.15) is 42.4 Å². The molecule has 0 fully saturated rings. The van der Waals surface area contributed by atoms with Gasteiger partial charge >= 0.3 is 24.1 Å². The fourth-order valence-electron chi connectivity index (χ4n) is 5.70. The van der Waals surface area contributed by atoms with Crippen molar-refractivity contribution in [1.82, 2.24) is 20.6 Å². The van der Waals surface area contributed by atoms with Gasteiger partial charge in [-0.15, -0.1) is 0 Å². The van der Waals surface area contributed by atoms with E-state index >= 15 is 0 Å². The fraction of sp³-hybridized carbons (Fsp3) is 0.238. The van der Waals surface area contributed by atoms with Gasteiger partial charge in [-0.2, -0.15) is 0 Å². The molecule has 0 saturated carbocycles. The third kappa shape index (κ3) is 11.8. The van der Waals surface area contributed by atoms with Gasteiger partial charge in [0.25, 0.3) is 0 Å². The van der Waals surface area contributed by atoms with Crippen molar-refractivity contribution in [1.29, 1.82) is 0 Å². The Kier molecular flexibility index (Phi) is 13.2. The zero-order valence-corrected chi connectivity index (χ0v) is 31.1. The Hall–Kier alpha value is -6.96. The molecule has 2 heterocycles. The minimum atomic E-state index is -1.15. The van der Waals surface area contributed by atoms with Crippen molar-refractivity contribution in [3.8, 4) is 11.5 Å². The molecule has 0 aliphatic carbocycles. The van der Waals surface area contributed by atoms with Gasteiger partial charge in [-0.25, -0.2) is 19.2 Å². The second-order valence-corrected chi connectivity index (χ2v) is 13.9. The number of carboxylic acid groups (broad SMARTS) is 2. The number of phenols is 1. The van der Waals surface area contributed by atoms with Crippen LogP contribution in [0.25, 0.3) is 21.8 Å². The molecule has 6 aromatic rings. The lowest BCUT2D eigenvalue weighted by Crippen LogP contribution is -2.44. The molecule has 56 heavy (non-hydrogen) atoms. The van der Waals surface area contributed by atoms with Gasteiger partial charge in [-0.05, 0) is 67.3 Å². The maximum atomic E-state index is 12.1. The zero-order valence-electron chi connectivity index (χ0n) is 31.1. The van der Waals surface area contributed by atoms with E-state index in [9.17, 15) is 34.5 Å². The van der Waals surface area contributed by atoms with E-state index in [1.165, 1.54) is 6.07 Å². The van der Waals surface area contributed by atoms with E-state index in [1.54, 1.807) is 45.3 Å². The van der Waals surface area contributed by atoms with Crippen LogP contribution in [0.4, 0.5) is 9.59 Å². The molecule has 0 aliphatic heterocycles. The number of amides is 2. The van der Waals surface area contributed by atoms with Crippen molar-refractivity contribution in [3.05, 3.63) is 132 Å². The lowest BCUT2D eigenvalue weighted by Gasteiger charge is -2.22. The number of carboxylic acids is 2. The number of fused-ring (bicyclic) bond motifs is 2. The van der Waals surface area contributed by atoms with Gasteiger partial charge in [-0.3, -0.25) is 0 Å². The molecule has 14 heteroatoms. The highest BCUT2D eigenvalue weighted by Gasteiger charge is 2.26. The maximum absolute atomic E-state index is 12.1. The Morgan fingerprint density at radius 2 is 1.16 bits per heavy atom. The number of nitrogens with one attached hydrogen (secondary N) is 4. The molecule has 2 atom stereocenters. The summed E-state index contributed by atoms with van der Waals surface area (Å²) >= 11 is 0. The van der Waals surface area contributed by atoms with Crippen molar-refractivity contribution >= 4 is 45.9 Å². The average Bonchev–Trinajstić information content (AvgIpc) is 3.75. The topological polar surface area (TPSA) is 212 Å². The highest BCUT2D eigenvalue weighted by molar-refractivity contribution is 5.87. The van der Waals surface area contributed by atoms with Crippen LogP contribution in [0.3, 0.4) is 0 Å². The van der Waals surface area contributed by atoms with Crippen LogP contribution in [0.5, 0.6) is 11.5 Å². The molecule has 14 nitrogen and oxygen atoms in total. The number of carbonyl (C=O) groups is 4. The largest absolute Gasteiger partial charge is 0.508 e. The molecule has 0 bridgehead atoms. The molecule has 2 amide bonds. The number of aromatic amines is 2. The first-order chi connectivity index (χ1) is 26.7. The van der Waals surface area contributed by atoms with E-state index in [4.69, 9.17) is 14.2 Å². The smallest absolute Gasteiger partial charge is 0.408 e. The van der Waals surface area contributed by atoms with Crippen LogP contribution in [0, 0.1) is 0 Å². The third-order valence-electron chi connectivity index (χ3n) is 8.38. The van der Waals surface area contributed by atoms with Crippen LogP contribution in [0.15, 0.2) is 109 Å². The standard InChI is InChI=1S/C26H24N2O5.C16H20N2O5/c29-25(30)24(28-26(31)33-17-19-9-5-2-6-10-19)13-20-15-27-23-14-21(11-12-22(20)23)32-16-18-7-3-1-4-8-18;1-16(2,3)23-15(22)18-13(14(20)21)6-9-8-17-12-7-10(19)4-5-11(9)12/h1-12,14-15,24,27H,13,16-17H2,(H,28,31)(H,29,30);4-5,7-8,13,17,19H,6H2,1-3H3,(H,18,22)(H,20,21)/t24-;13-/m00/s1. The first kappa shape index (κ1) is 40.2. The van der Waals surface area contributed by atoms with Gasteiger partial charge in [0.15, 0.2) is 0 Å². The second-order valence-electron chi connectivity index (χ2n) is 13.9. The summed E-state index contributed by atoms with van der Waals surface area (Å²) in [6, 6.07) is 27.2. The predicted molar refractivity (Wildman–Crippen MR) is 208 cm³/mol. The number of phenolic OH excluding ortho intramolecular Hbond substituents is 1. The molecule has 7 N–H and O–H groups in total. The summed E-state index contributed by atoms with van der Waals surface area (Å²) in [5, 5.41) is 34.8. The van der Waals surface area contributed by atoms with Gasteiger partial charge in [0, 0.05) is 59.2 Å². The minimum Gasteiger partial charge on any atom is -0.508 e. The highest BCUT2D eigenvalue weighted by Crippen LogP contribution is 2.26. The first-order valence-electron chi connectivity index (χ1n) is 17.7. The molecule has 6 rings (SSSR count). The number of H-pyrrole nitrogens is 2. The van der Waals surface area contributed by atoms with Crippen LogP contribution in [0.1, 0.15) is 43.0 Å². The Morgan fingerprint density at radius 3 is 1.70 bits per heavy atom. The predicted octanol–water partition coefficient (Wildman–Crippen LogP) is 7.06. The van der Waals surface area contributed by atoms with Crippen molar-refractivity contribution in [2.45, 2.75) is 64.5 Å². The number of alkyl carbamates (subject to hydrolysis) is 2. The van der Waals surface area contributed by atoms with Crippen LogP contribution < -0.4 is 15.4 Å². The number of hydrogen-bond donors (Lipinski definition) is 7. The molecule has 292 valence electrons. The van der Waals surface area contributed by atoms with Crippen LogP contribution in [-0.4, -0.2) is 67.1 Å². The number of aromatic hydroxyl groups is 1. The number of hydrogen-bond acceptors (Lipinski definition) is 8. The molecule has 0 radical (unpaired) electrons. The summed E-state index contributed by atoms with van der Waals surface area (Å²) in [4.78, 5) is 53.2.